The summed E-state index contributed by atoms with van der Waals surface area (Å²) < 4.78 is 0. The minimum Gasteiger partial charge on any atom is -0.142 e. The fourth-order valence-electron chi connectivity index (χ4n) is 2.71. The number of thiol groups is 1. The Hall–Kier alpha value is 0.01000. The molecule has 1 aliphatic rings. The third-order valence-corrected chi connectivity index (χ3v) is 5.29. The summed E-state index contributed by atoms with van der Waals surface area (Å²) in [6, 6.07) is 0. The van der Waals surface area contributed by atoms with Crippen molar-refractivity contribution in [1.82, 2.24) is 0 Å². The lowest BCUT2D eigenvalue weighted by Crippen LogP contribution is -2.15. The lowest BCUT2D eigenvalue weighted by Gasteiger charge is -2.20. The van der Waals surface area contributed by atoms with Crippen LogP contribution in [0.2, 0.25) is 0 Å². The van der Waals surface area contributed by atoms with Crippen molar-refractivity contribution in [3.8, 4) is 0 Å². The summed E-state index contributed by atoms with van der Waals surface area (Å²) in [6.07, 6.45) is 16.1. The quantitative estimate of drug-likeness (QED) is 0.269. The van der Waals surface area contributed by atoms with Gasteiger partial charge in [-0.15, -0.1) is 12.6 Å². The minimum absolute atomic E-state index is 0.492. The SMILES string of the molecule is CCCCCCCCCCC(C)C1=CC(=S)C=C(S)C1=S. The molecule has 0 bridgehead atoms. The van der Waals surface area contributed by atoms with Gasteiger partial charge >= 0.3 is 0 Å². The van der Waals surface area contributed by atoms with Gasteiger partial charge in [-0.1, -0.05) is 89.6 Å². The summed E-state index contributed by atoms with van der Waals surface area (Å²) in [5.74, 6) is 0.492. The summed E-state index contributed by atoms with van der Waals surface area (Å²) in [5.41, 5.74) is 1.21. The van der Waals surface area contributed by atoms with Crippen molar-refractivity contribution in [3.63, 3.8) is 0 Å². The monoisotopic (exact) mass is 340 g/mol. The topological polar surface area (TPSA) is 0 Å². The van der Waals surface area contributed by atoms with Crippen molar-refractivity contribution >= 4 is 46.8 Å². The van der Waals surface area contributed by atoms with Crippen LogP contribution in [-0.4, -0.2) is 9.73 Å². The summed E-state index contributed by atoms with van der Waals surface area (Å²) in [7, 11) is 0. The molecule has 21 heavy (non-hydrogen) atoms. The van der Waals surface area contributed by atoms with Gasteiger partial charge in [-0.3, -0.25) is 0 Å². The lowest BCUT2D eigenvalue weighted by atomic mass is 9.89. The molecular formula is C18H28S3. The molecule has 0 amide bonds. The van der Waals surface area contributed by atoms with Gasteiger partial charge in [0.25, 0.3) is 0 Å². The summed E-state index contributed by atoms with van der Waals surface area (Å²) >= 11 is 15.2. The summed E-state index contributed by atoms with van der Waals surface area (Å²) in [5, 5.41) is 0. The van der Waals surface area contributed by atoms with E-state index in [0.717, 1.165) is 14.6 Å². The molecule has 0 aromatic carbocycles. The highest BCUT2D eigenvalue weighted by Crippen LogP contribution is 2.27. The molecule has 0 saturated heterocycles. The van der Waals surface area contributed by atoms with Gasteiger partial charge in [0.05, 0.1) is 4.86 Å². The zero-order valence-electron chi connectivity index (χ0n) is 13.4. The fourth-order valence-corrected chi connectivity index (χ4v) is 3.63. The number of thiocarbonyl (C=S) groups is 2. The van der Waals surface area contributed by atoms with E-state index in [2.05, 4.69) is 32.6 Å². The van der Waals surface area contributed by atoms with E-state index in [-0.39, 0.29) is 0 Å². The molecule has 3 heteroatoms. The van der Waals surface area contributed by atoms with Crippen LogP contribution >= 0.6 is 37.1 Å². The van der Waals surface area contributed by atoms with Crippen molar-refractivity contribution in [2.24, 2.45) is 5.92 Å². The summed E-state index contributed by atoms with van der Waals surface area (Å²) in [6.45, 7) is 4.53. The minimum atomic E-state index is 0.492. The Bertz CT molecular complexity index is 418. The fraction of sp³-hybridized carbons (Fsp3) is 0.667. The average molecular weight is 341 g/mol. The number of unbranched alkanes of at least 4 members (excludes halogenated alkanes) is 7. The van der Waals surface area contributed by atoms with Gasteiger partial charge in [0.15, 0.2) is 0 Å². The van der Waals surface area contributed by atoms with Gasteiger partial charge in [0.1, 0.15) is 0 Å². The Morgan fingerprint density at radius 1 is 0.952 bits per heavy atom. The molecule has 0 saturated carbocycles. The van der Waals surface area contributed by atoms with E-state index in [9.17, 15) is 0 Å². The molecular weight excluding hydrogens is 312 g/mol. The maximum absolute atomic E-state index is 5.47. The highest BCUT2D eigenvalue weighted by Gasteiger charge is 2.19. The molecule has 0 spiro atoms. The molecule has 0 aromatic rings. The summed E-state index contributed by atoms with van der Waals surface area (Å²) in [4.78, 5) is 2.60. The van der Waals surface area contributed by atoms with Gasteiger partial charge in [-0.2, -0.15) is 0 Å². The second-order valence-corrected chi connectivity index (χ2v) is 7.39. The number of allylic oxidation sites excluding steroid dienone is 4. The van der Waals surface area contributed by atoms with E-state index in [1.807, 2.05) is 6.08 Å². The van der Waals surface area contributed by atoms with Crippen molar-refractivity contribution < 1.29 is 0 Å². The van der Waals surface area contributed by atoms with Crippen LogP contribution in [0.15, 0.2) is 22.6 Å². The van der Waals surface area contributed by atoms with Gasteiger partial charge in [-0.25, -0.2) is 0 Å². The Balaban J connectivity index is 2.21. The third-order valence-electron chi connectivity index (χ3n) is 4.09. The first kappa shape index (κ1) is 19.1. The molecule has 0 nitrogen and oxygen atoms in total. The first-order valence-corrected chi connectivity index (χ1v) is 9.53. The van der Waals surface area contributed by atoms with Gasteiger partial charge in [0, 0.05) is 9.77 Å². The molecule has 0 N–H and O–H groups in total. The lowest BCUT2D eigenvalue weighted by molar-refractivity contribution is 0.528. The van der Waals surface area contributed by atoms with Gasteiger partial charge < -0.3 is 0 Å². The third kappa shape index (κ3) is 7.21. The molecule has 0 fully saturated rings. The normalized spacial score (nSPS) is 16.7. The van der Waals surface area contributed by atoms with Crippen LogP contribution in [0.5, 0.6) is 0 Å². The highest BCUT2D eigenvalue weighted by molar-refractivity contribution is 7.90. The zero-order chi connectivity index (χ0) is 15.7. The van der Waals surface area contributed by atoms with Crippen molar-refractivity contribution in [2.45, 2.75) is 71.6 Å². The van der Waals surface area contributed by atoms with Gasteiger partial charge in [0.2, 0.25) is 0 Å². The standard InChI is InChI=1S/C18H28S3/c1-3-4-5-6-7-8-9-10-11-14(2)16-12-15(19)13-17(20)18(16)21/h12-14,20H,3-11H2,1-2H3. The van der Waals surface area contributed by atoms with E-state index in [1.54, 1.807) is 0 Å². The molecule has 1 rings (SSSR count). The van der Waals surface area contributed by atoms with E-state index in [4.69, 9.17) is 24.4 Å². The second-order valence-electron chi connectivity index (χ2n) is 6.03. The molecule has 118 valence electrons. The van der Waals surface area contributed by atoms with Gasteiger partial charge in [-0.05, 0) is 30.1 Å². The smallest absolute Gasteiger partial charge is 0.0546 e. The first-order chi connectivity index (χ1) is 10.1. The predicted octanol–water partition coefficient (Wildman–Crippen LogP) is 6.65. The molecule has 1 aliphatic carbocycles. The molecule has 0 aromatic heterocycles. The number of hydrogen-bond acceptors (Lipinski definition) is 3. The molecule has 1 atom stereocenters. The van der Waals surface area contributed by atoms with Crippen LogP contribution in [0.4, 0.5) is 0 Å². The van der Waals surface area contributed by atoms with E-state index in [1.165, 1.54) is 63.4 Å². The van der Waals surface area contributed by atoms with Crippen LogP contribution in [0.25, 0.3) is 0 Å². The Morgan fingerprint density at radius 3 is 2.14 bits per heavy atom. The highest BCUT2D eigenvalue weighted by atomic mass is 32.1. The number of rotatable bonds is 10. The Labute approximate surface area is 146 Å². The maximum atomic E-state index is 5.47. The predicted molar refractivity (Wildman–Crippen MR) is 107 cm³/mol. The van der Waals surface area contributed by atoms with Crippen LogP contribution < -0.4 is 0 Å². The molecule has 0 radical (unpaired) electrons. The van der Waals surface area contributed by atoms with Crippen LogP contribution in [-0.2, 0) is 0 Å². The van der Waals surface area contributed by atoms with Crippen LogP contribution in [0, 0.1) is 5.92 Å². The van der Waals surface area contributed by atoms with Crippen molar-refractivity contribution in [1.29, 1.82) is 0 Å². The maximum Gasteiger partial charge on any atom is 0.0546 e. The van der Waals surface area contributed by atoms with E-state index in [0.29, 0.717) is 5.92 Å². The van der Waals surface area contributed by atoms with E-state index < -0.39 is 0 Å². The second kappa shape index (κ2) is 10.7. The molecule has 0 heterocycles. The molecule has 1 unspecified atom stereocenters. The number of hydrogen-bond donors (Lipinski definition) is 1. The van der Waals surface area contributed by atoms with Crippen LogP contribution in [0.3, 0.4) is 0 Å². The van der Waals surface area contributed by atoms with Crippen LogP contribution in [0.1, 0.15) is 71.6 Å². The largest absolute Gasteiger partial charge is 0.142 e. The zero-order valence-corrected chi connectivity index (χ0v) is 15.9. The van der Waals surface area contributed by atoms with Crippen molar-refractivity contribution in [2.75, 3.05) is 0 Å². The first-order valence-electron chi connectivity index (χ1n) is 8.27. The molecule has 0 aliphatic heterocycles. The Morgan fingerprint density at radius 2 is 1.52 bits per heavy atom. The Kier molecular flexibility index (Phi) is 9.70. The average Bonchev–Trinajstić information content (AvgIpc) is 2.45. The van der Waals surface area contributed by atoms with E-state index >= 15 is 0 Å². The van der Waals surface area contributed by atoms with Crippen molar-refractivity contribution in [3.05, 3.63) is 22.6 Å².